The van der Waals surface area contributed by atoms with Gasteiger partial charge in [-0.1, -0.05) is 231 Å². The maximum atomic E-state index is 13.2. The van der Waals surface area contributed by atoms with E-state index in [0.29, 0.717) is 19.3 Å². The van der Waals surface area contributed by atoms with Crippen molar-refractivity contribution < 1.29 is 24.5 Å². The molecule has 0 bridgehead atoms. The fourth-order valence-electron chi connectivity index (χ4n) is 8.05. The number of nitrogens with one attached hydrogen (secondary N) is 1. The molecule has 0 rings (SSSR count). The molecule has 0 radical (unpaired) electrons. The lowest BCUT2D eigenvalue weighted by Crippen LogP contribution is -2.46. The second-order valence-corrected chi connectivity index (χ2v) is 17.9. The molecule has 0 aromatic carbocycles. The van der Waals surface area contributed by atoms with Gasteiger partial charge in [0.2, 0.25) is 5.91 Å². The quantitative estimate of drug-likeness (QED) is 0.0322. The number of amides is 1. The van der Waals surface area contributed by atoms with Crippen LogP contribution in [0.15, 0.2) is 24.3 Å². The molecule has 59 heavy (non-hydrogen) atoms. The number of hydrogen-bond acceptors (Lipinski definition) is 5. The molecule has 0 aromatic rings. The van der Waals surface area contributed by atoms with E-state index >= 15 is 0 Å². The van der Waals surface area contributed by atoms with Gasteiger partial charge in [-0.3, -0.25) is 9.59 Å². The van der Waals surface area contributed by atoms with Crippen molar-refractivity contribution >= 4 is 11.9 Å². The van der Waals surface area contributed by atoms with Crippen LogP contribution in [0, 0.1) is 0 Å². The Morgan fingerprint density at radius 2 is 0.864 bits per heavy atom. The average molecular weight is 832 g/mol. The number of hydrogen-bond donors (Lipinski definition) is 3. The van der Waals surface area contributed by atoms with Crippen molar-refractivity contribution in [2.24, 2.45) is 0 Å². The lowest BCUT2D eigenvalue weighted by atomic mass is 10.0. The van der Waals surface area contributed by atoms with Gasteiger partial charge in [-0.25, -0.2) is 0 Å². The van der Waals surface area contributed by atoms with Crippen LogP contribution in [0.5, 0.6) is 0 Å². The Kier molecular flexibility index (Phi) is 46.1. The van der Waals surface area contributed by atoms with Gasteiger partial charge in [-0.15, -0.1) is 0 Å². The van der Waals surface area contributed by atoms with E-state index < -0.39 is 18.2 Å². The Labute approximate surface area is 367 Å². The molecule has 0 aliphatic carbocycles. The number of ether oxygens (including phenoxy) is 1. The number of carbonyl (C=O) groups excluding carboxylic acids is 2. The Morgan fingerprint density at radius 3 is 1.32 bits per heavy atom. The number of allylic oxidation sites excluding steroid dienone is 4. The maximum Gasteiger partial charge on any atom is 0.306 e. The lowest BCUT2D eigenvalue weighted by molar-refractivity contribution is -0.151. The Bertz CT molecular complexity index is 935. The molecule has 0 heterocycles. The van der Waals surface area contributed by atoms with Gasteiger partial charge in [-0.05, 0) is 57.8 Å². The number of esters is 1. The standard InChI is InChI=1S/C53H101NO5/c1-4-7-10-13-16-19-22-24-25-26-27-29-31-34-37-40-43-46-53(58)59-49(44-41-38-35-32-21-18-15-12-9-6-3)47-52(57)54-50(48-55)51(56)45-42-39-36-33-30-28-23-20-17-14-11-8-5-2/h16,19,24-25,49-51,55-56H,4-15,17-18,20-23,26-48H2,1-3H3,(H,54,57)/b19-16-,25-24-. The molecule has 0 aliphatic heterocycles. The van der Waals surface area contributed by atoms with Crippen LogP contribution in [0.1, 0.15) is 278 Å². The van der Waals surface area contributed by atoms with E-state index in [2.05, 4.69) is 50.4 Å². The summed E-state index contributed by atoms with van der Waals surface area (Å²) < 4.78 is 5.93. The molecule has 0 fully saturated rings. The highest BCUT2D eigenvalue weighted by molar-refractivity contribution is 5.77. The maximum absolute atomic E-state index is 13.2. The normalized spacial score (nSPS) is 13.4. The Hall–Kier alpha value is -1.66. The zero-order valence-corrected chi connectivity index (χ0v) is 39.7. The molecule has 3 atom stereocenters. The smallest absolute Gasteiger partial charge is 0.306 e. The van der Waals surface area contributed by atoms with E-state index in [9.17, 15) is 19.8 Å². The third-order valence-corrected chi connectivity index (χ3v) is 12.0. The molecule has 348 valence electrons. The summed E-state index contributed by atoms with van der Waals surface area (Å²) in [5.41, 5.74) is 0. The fourth-order valence-corrected chi connectivity index (χ4v) is 8.05. The van der Waals surface area contributed by atoms with Crippen LogP contribution in [0.25, 0.3) is 0 Å². The van der Waals surface area contributed by atoms with E-state index in [1.807, 2.05) is 0 Å². The van der Waals surface area contributed by atoms with Gasteiger partial charge in [0.05, 0.1) is 25.2 Å². The lowest BCUT2D eigenvalue weighted by Gasteiger charge is -2.24. The van der Waals surface area contributed by atoms with Gasteiger partial charge >= 0.3 is 5.97 Å². The minimum Gasteiger partial charge on any atom is -0.462 e. The molecule has 6 nitrogen and oxygen atoms in total. The molecule has 0 aromatic heterocycles. The predicted octanol–water partition coefficient (Wildman–Crippen LogP) is 15.5. The van der Waals surface area contributed by atoms with Crippen LogP contribution in [0.4, 0.5) is 0 Å². The van der Waals surface area contributed by atoms with Gasteiger partial charge in [0.15, 0.2) is 0 Å². The van der Waals surface area contributed by atoms with Gasteiger partial charge in [-0.2, -0.15) is 0 Å². The molecule has 3 N–H and O–H groups in total. The number of aliphatic hydroxyl groups excluding tert-OH is 2. The summed E-state index contributed by atoms with van der Waals surface area (Å²) in [6.07, 6.45) is 53.8. The molecular weight excluding hydrogens is 731 g/mol. The van der Waals surface area contributed by atoms with E-state index in [0.717, 1.165) is 57.8 Å². The van der Waals surface area contributed by atoms with Crippen LogP contribution in [-0.2, 0) is 14.3 Å². The van der Waals surface area contributed by atoms with Gasteiger partial charge < -0.3 is 20.3 Å². The van der Waals surface area contributed by atoms with Crippen molar-refractivity contribution in [3.63, 3.8) is 0 Å². The van der Waals surface area contributed by atoms with Crippen LogP contribution >= 0.6 is 0 Å². The highest BCUT2D eigenvalue weighted by atomic mass is 16.5. The van der Waals surface area contributed by atoms with Gasteiger partial charge in [0.1, 0.15) is 6.10 Å². The zero-order valence-electron chi connectivity index (χ0n) is 39.7. The van der Waals surface area contributed by atoms with E-state index in [4.69, 9.17) is 4.74 Å². The first-order valence-electron chi connectivity index (χ1n) is 26.1. The summed E-state index contributed by atoms with van der Waals surface area (Å²) in [6, 6.07) is -0.697. The molecule has 0 spiro atoms. The molecule has 6 heteroatoms. The number of carbonyl (C=O) groups is 2. The summed E-state index contributed by atoms with van der Waals surface area (Å²) in [5.74, 6) is -0.470. The van der Waals surface area contributed by atoms with Crippen LogP contribution in [-0.4, -0.2) is 46.9 Å². The van der Waals surface area contributed by atoms with Crippen LogP contribution in [0.2, 0.25) is 0 Å². The summed E-state index contributed by atoms with van der Waals surface area (Å²) >= 11 is 0. The van der Waals surface area contributed by atoms with Gasteiger partial charge in [0.25, 0.3) is 0 Å². The minimum absolute atomic E-state index is 0.0794. The summed E-state index contributed by atoms with van der Waals surface area (Å²) in [4.78, 5) is 26.1. The summed E-state index contributed by atoms with van der Waals surface area (Å²) in [7, 11) is 0. The number of unbranched alkanes of at least 4 members (excludes halogenated alkanes) is 31. The molecule has 0 aliphatic rings. The third-order valence-electron chi connectivity index (χ3n) is 12.0. The highest BCUT2D eigenvalue weighted by Gasteiger charge is 2.24. The van der Waals surface area contributed by atoms with Crippen molar-refractivity contribution in [1.29, 1.82) is 0 Å². The number of aliphatic hydroxyl groups is 2. The zero-order chi connectivity index (χ0) is 43.1. The monoisotopic (exact) mass is 832 g/mol. The number of rotatable bonds is 47. The Balaban J connectivity index is 4.47. The SMILES string of the molecule is CCCCC/C=C\C/C=C\CCCCCCCCCC(=O)OC(CCCCCCCCCCCC)CC(=O)NC(CO)C(O)CCCCCCCCCCCCCCC. The van der Waals surface area contributed by atoms with Crippen molar-refractivity contribution in [2.75, 3.05) is 6.61 Å². The molecule has 3 unspecified atom stereocenters. The highest BCUT2D eigenvalue weighted by Crippen LogP contribution is 2.18. The Morgan fingerprint density at radius 1 is 0.492 bits per heavy atom. The van der Waals surface area contributed by atoms with Crippen molar-refractivity contribution in [3.05, 3.63) is 24.3 Å². The second-order valence-electron chi connectivity index (χ2n) is 17.9. The van der Waals surface area contributed by atoms with E-state index in [1.165, 1.54) is 173 Å². The largest absolute Gasteiger partial charge is 0.462 e. The van der Waals surface area contributed by atoms with Crippen LogP contribution < -0.4 is 5.32 Å². The molecule has 0 saturated carbocycles. The molecule has 1 amide bonds. The summed E-state index contributed by atoms with van der Waals surface area (Å²) in [6.45, 7) is 6.46. The van der Waals surface area contributed by atoms with Crippen LogP contribution in [0.3, 0.4) is 0 Å². The van der Waals surface area contributed by atoms with Crippen molar-refractivity contribution in [1.82, 2.24) is 5.32 Å². The first-order valence-corrected chi connectivity index (χ1v) is 26.1. The first kappa shape index (κ1) is 57.3. The topological polar surface area (TPSA) is 95.9 Å². The minimum atomic E-state index is -0.783. The van der Waals surface area contributed by atoms with Gasteiger partial charge in [0, 0.05) is 6.42 Å². The predicted molar refractivity (Wildman–Crippen MR) is 255 cm³/mol. The van der Waals surface area contributed by atoms with Crippen molar-refractivity contribution in [3.8, 4) is 0 Å². The van der Waals surface area contributed by atoms with E-state index in [1.54, 1.807) is 0 Å². The van der Waals surface area contributed by atoms with E-state index in [-0.39, 0.29) is 24.9 Å². The van der Waals surface area contributed by atoms with Crippen molar-refractivity contribution in [2.45, 2.75) is 296 Å². The first-order chi connectivity index (χ1) is 29.0. The average Bonchev–Trinajstić information content (AvgIpc) is 3.23. The summed E-state index contributed by atoms with van der Waals surface area (Å²) in [5, 5.41) is 23.7. The third kappa shape index (κ3) is 42.8. The second kappa shape index (κ2) is 47.4. The molecule has 0 saturated heterocycles. The molecular formula is C53H101NO5. The fraction of sp³-hybridized carbons (Fsp3) is 0.887.